The Morgan fingerprint density at radius 3 is 3.00 bits per heavy atom. The normalized spacial score (nSPS) is 33.0. The van der Waals surface area contributed by atoms with Crippen LogP contribution in [0.15, 0.2) is 0 Å². The van der Waals surface area contributed by atoms with E-state index < -0.39 is 0 Å². The van der Waals surface area contributed by atoms with E-state index in [4.69, 9.17) is 14.6 Å². The summed E-state index contributed by atoms with van der Waals surface area (Å²) in [6.07, 6.45) is 1.73. The van der Waals surface area contributed by atoms with E-state index in [9.17, 15) is 0 Å². The van der Waals surface area contributed by atoms with Gasteiger partial charge in [-0.1, -0.05) is 0 Å². The monoisotopic (exact) mass is 146 g/mol. The highest BCUT2D eigenvalue weighted by Gasteiger charge is 2.24. The van der Waals surface area contributed by atoms with Crippen LogP contribution < -0.4 is 0 Å². The maximum absolute atomic E-state index is 8.59. The second kappa shape index (κ2) is 3.91. The molecule has 1 N–H and O–H groups in total. The Kier molecular flexibility index (Phi) is 3.12. The third-order valence-corrected chi connectivity index (χ3v) is 1.84. The van der Waals surface area contributed by atoms with E-state index in [1.54, 1.807) is 7.11 Å². The zero-order valence-corrected chi connectivity index (χ0v) is 6.25. The zero-order chi connectivity index (χ0) is 7.40. The van der Waals surface area contributed by atoms with Crippen molar-refractivity contribution in [3.63, 3.8) is 0 Å². The van der Waals surface area contributed by atoms with Gasteiger partial charge in [0.15, 0.2) is 6.29 Å². The summed E-state index contributed by atoms with van der Waals surface area (Å²) in [6.45, 7) is 0.990. The van der Waals surface area contributed by atoms with Crippen molar-refractivity contribution in [1.82, 2.24) is 0 Å². The maximum Gasteiger partial charge on any atom is 0.157 e. The van der Waals surface area contributed by atoms with E-state index in [-0.39, 0.29) is 12.9 Å². The first-order chi connectivity index (χ1) is 4.86. The fourth-order valence-corrected chi connectivity index (χ4v) is 1.20. The Bertz CT molecular complexity index is 94.9. The van der Waals surface area contributed by atoms with E-state index in [1.165, 1.54) is 0 Å². The SMILES string of the molecule is COC1CC(CCO)CO1. The van der Waals surface area contributed by atoms with Crippen LogP contribution in [0.4, 0.5) is 0 Å². The van der Waals surface area contributed by atoms with Crippen molar-refractivity contribution in [3.8, 4) is 0 Å². The van der Waals surface area contributed by atoms with Crippen LogP contribution in [0.2, 0.25) is 0 Å². The molecule has 0 saturated carbocycles. The first-order valence-corrected chi connectivity index (χ1v) is 3.62. The van der Waals surface area contributed by atoms with Crippen molar-refractivity contribution >= 4 is 0 Å². The van der Waals surface area contributed by atoms with E-state index >= 15 is 0 Å². The molecule has 0 amide bonds. The summed E-state index contributed by atoms with van der Waals surface area (Å²) in [5, 5.41) is 8.59. The number of aliphatic hydroxyl groups is 1. The van der Waals surface area contributed by atoms with Crippen LogP contribution in [-0.4, -0.2) is 31.7 Å². The molecule has 1 aliphatic rings. The summed E-state index contributed by atoms with van der Waals surface area (Å²) in [5.74, 6) is 0.495. The Labute approximate surface area is 60.9 Å². The van der Waals surface area contributed by atoms with Crippen molar-refractivity contribution in [1.29, 1.82) is 0 Å². The smallest absolute Gasteiger partial charge is 0.157 e. The summed E-state index contributed by atoms with van der Waals surface area (Å²) in [4.78, 5) is 0. The topological polar surface area (TPSA) is 38.7 Å². The summed E-state index contributed by atoms with van der Waals surface area (Å²) in [5.41, 5.74) is 0. The van der Waals surface area contributed by atoms with Gasteiger partial charge in [-0.2, -0.15) is 0 Å². The fourth-order valence-electron chi connectivity index (χ4n) is 1.20. The first kappa shape index (κ1) is 7.98. The van der Waals surface area contributed by atoms with Crippen LogP contribution in [-0.2, 0) is 9.47 Å². The van der Waals surface area contributed by atoms with Crippen LogP contribution in [0, 0.1) is 5.92 Å². The average molecular weight is 146 g/mol. The molecule has 1 rings (SSSR count). The summed E-state index contributed by atoms with van der Waals surface area (Å²) in [7, 11) is 1.64. The number of ether oxygens (including phenoxy) is 2. The van der Waals surface area contributed by atoms with Crippen LogP contribution in [0.3, 0.4) is 0 Å². The van der Waals surface area contributed by atoms with Crippen LogP contribution in [0.25, 0.3) is 0 Å². The second-order valence-electron chi connectivity index (χ2n) is 2.61. The number of rotatable bonds is 3. The van der Waals surface area contributed by atoms with Crippen LogP contribution >= 0.6 is 0 Å². The van der Waals surface area contributed by atoms with Gasteiger partial charge in [0.05, 0.1) is 6.61 Å². The predicted octanol–water partition coefficient (Wildman–Crippen LogP) is 0.378. The lowest BCUT2D eigenvalue weighted by Crippen LogP contribution is -2.06. The van der Waals surface area contributed by atoms with Gasteiger partial charge < -0.3 is 14.6 Å². The Morgan fingerprint density at radius 1 is 1.70 bits per heavy atom. The predicted molar refractivity (Wildman–Crippen MR) is 36.6 cm³/mol. The van der Waals surface area contributed by atoms with E-state index in [1.807, 2.05) is 0 Å². The Hall–Kier alpha value is -0.120. The molecule has 1 fully saturated rings. The Morgan fingerprint density at radius 2 is 2.50 bits per heavy atom. The average Bonchev–Trinajstić information content (AvgIpc) is 2.37. The molecule has 0 bridgehead atoms. The molecule has 1 aliphatic heterocycles. The fraction of sp³-hybridized carbons (Fsp3) is 1.00. The minimum absolute atomic E-state index is 0.0310. The minimum atomic E-state index is -0.0310. The molecule has 1 heterocycles. The van der Waals surface area contributed by atoms with Gasteiger partial charge in [-0.3, -0.25) is 0 Å². The molecular formula is C7H14O3. The zero-order valence-electron chi connectivity index (χ0n) is 6.25. The first-order valence-electron chi connectivity index (χ1n) is 3.62. The van der Waals surface area contributed by atoms with Crippen molar-refractivity contribution in [2.45, 2.75) is 19.1 Å². The lowest BCUT2D eigenvalue weighted by molar-refractivity contribution is -0.0881. The minimum Gasteiger partial charge on any atom is -0.396 e. The van der Waals surface area contributed by atoms with Gasteiger partial charge in [0, 0.05) is 20.1 Å². The standard InChI is InChI=1S/C7H14O3/c1-9-7-4-6(2-3-8)5-10-7/h6-8H,2-5H2,1H3. The lowest BCUT2D eigenvalue weighted by atomic mass is 10.1. The second-order valence-corrected chi connectivity index (χ2v) is 2.61. The van der Waals surface area contributed by atoms with Gasteiger partial charge in [0.25, 0.3) is 0 Å². The molecule has 0 aromatic carbocycles. The van der Waals surface area contributed by atoms with Crippen molar-refractivity contribution in [2.75, 3.05) is 20.3 Å². The third-order valence-electron chi connectivity index (χ3n) is 1.84. The third kappa shape index (κ3) is 1.94. The number of hydrogen-bond donors (Lipinski definition) is 1. The molecule has 2 atom stereocenters. The molecule has 1 saturated heterocycles. The number of hydrogen-bond acceptors (Lipinski definition) is 3. The molecule has 0 aromatic heterocycles. The van der Waals surface area contributed by atoms with Crippen molar-refractivity contribution in [2.24, 2.45) is 5.92 Å². The van der Waals surface area contributed by atoms with Crippen molar-refractivity contribution < 1.29 is 14.6 Å². The molecule has 3 nitrogen and oxygen atoms in total. The highest BCUT2D eigenvalue weighted by atomic mass is 16.7. The highest BCUT2D eigenvalue weighted by Crippen LogP contribution is 2.21. The Balaban J connectivity index is 2.15. The van der Waals surface area contributed by atoms with Gasteiger partial charge in [0.1, 0.15) is 0 Å². The molecule has 2 unspecified atom stereocenters. The highest BCUT2D eigenvalue weighted by molar-refractivity contribution is 4.66. The molecule has 0 radical (unpaired) electrons. The van der Waals surface area contributed by atoms with Gasteiger partial charge in [0.2, 0.25) is 0 Å². The molecule has 0 aromatic rings. The van der Waals surface area contributed by atoms with Crippen LogP contribution in [0.1, 0.15) is 12.8 Å². The van der Waals surface area contributed by atoms with Gasteiger partial charge in [-0.25, -0.2) is 0 Å². The summed E-state index contributed by atoms with van der Waals surface area (Å²) in [6, 6.07) is 0. The van der Waals surface area contributed by atoms with E-state index in [0.29, 0.717) is 5.92 Å². The molecular weight excluding hydrogens is 132 g/mol. The van der Waals surface area contributed by atoms with Gasteiger partial charge >= 0.3 is 0 Å². The molecule has 10 heavy (non-hydrogen) atoms. The van der Waals surface area contributed by atoms with Gasteiger partial charge in [-0.05, 0) is 12.3 Å². The lowest BCUT2D eigenvalue weighted by Gasteiger charge is -2.04. The maximum atomic E-state index is 8.59. The molecule has 0 spiro atoms. The van der Waals surface area contributed by atoms with Gasteiger partial charge in [-0.15, -0.1) is 0 Å². The quantitative estimate of drug-likeness (QED) is 0.625. The summed E-state index contributed by atoms with van der Waals surface area (Å²) >= 11 is 0. The largest absolute Gasteiger partial charge is 0.396 e. The number of methoxy groups -OCH3 is 1. The van der Waals surface area contributed by atoms with E-state index in [0.717, 1.165) is 19.4 Å². The van der Waals surface area contributed by atoms with E-state index in [2.05, 4.69) is 0 Å². The molecule has 0 aliphatic carbocycles. The molecule has 60 valence electrons. The summed E-state index contributed by atoms with van der Waals surface area (Å²) < 4.78 is 10.2. The van der Waals surface area contributed by atoms with Crippen molar-refractivity contribution in [3.05, 3.63) is 0 Å². The number of aliphatic hydroxyl groups excluding tert-OH is 1. The molecule has 3 heteroatoms. The van der Waals surface area contributed by atoms with Crippen LogP contribution in [0.5, 0.6) is 0 Å².